The lowest BCUT2D eigenvalue weighted by molar-refractivity contribution is -0.115. The maximum atomic E-state index is 12.0. The van der Waals surface area contributed by atoms with Crippen molar-refractivity contribution in [3.63, 3.8) is 0 Å². The third kappa shape index (κ3) is 4.64. The third-order valence-electron chi connectivity index (χ3n) is 3.13. The summed E-state index contributed by atoms with van der Waals surface area (Å²) in [7, 11) is -2.21. The van der Waals surface area contributed by atoms with Gasteiger partial charge in [-0.25, -0.2) is 13.1 Å². The van der Waals surface area contributed by atoms with Gasteiger partial charge in [-0.15, -0.1) is 0 Å². The second-order valence-electron chi connectivity index (χ2n) is 4.84. The first kappa shape index (κ1) is 17.6. The molecule has 7 nitrogen and oxygen atoms in total. The molecule has 0 saturated carbocycles. The molecule has 0 atom stereocenters. The van der Waals surface area contributed by atoms with Gasteiger partial charge in [-0.2, -0.15) is 0 Å². The van der Waals surface area contributed by atoms with Gasteiger partial charge in [-0.1, -0.05) is 18.2 Å². The lowest BCUT2D eigenvalue weighted by Crippen LogP contribution is -2.32. The fraction of sp³-hybridized carbons (Fsp3) is 0.125. The highest BCUT2D eigenvalue weighted by Gasteiger charge is 2.15. The van der Waals surface area contributed by atoms with Crippen LogP contribution in [0.5, 0.6) is 0 Å². The molecule has 0 spiro atoms. The van der Waals surface area contributed by atoms with Crippen molar-refractivity contribution in [3.05, 3.63) is 60.2 Å². The second-order valence-corrected chi connectivity index (χ2v) is 6.61. The van der Waals surface area contributed by atoms with Crippen LogP contribution in [0.1, 0.15) is 10.4 Å². The summed E-state index contributed by atoms with van der Waals surface area (Å²) in [5.74, 6) is -0.745. The van der Waals surface area contributed by atoms with Crippen LogP contribution in [0.2, 0.25) is 0 Å². The van der Waals surface area contributed by atoms with Crippen LogP contribution in [0.4, 0.5) is 5.69 Å². The Labute approximate surface area is 140 Å². The number of amides is 2. The van der Waals surface area contributed by atoms with Crippen molar-refractivity contribution < 1.29 is 18.0 Å². The Morgan fingerprint density at radius 2 is 1.58 bits per heavy atom. The van der Waals surface area contributed by atoms with Crippen LogP contribution in [0, 0.1) is 0 Å². The number of carbonyl (C=O) groups is 2. The minimum atomic E-state index is -3.73. The van der Waals surface area contributed by atoms with E-state index in [1.807, 2.05) is 0 Å². The van der Waals surface area contributed by atoms with Crippen LogP contribution in [-0.4, -0.2) is 33.8 Å². The van der Waals surface area contributed by atoms with Gasteiger partial charge < -0.3 is 10.6 Å². The normalized spacial score (nSPS) is 10.9. The van der Waals surface area contributed by atoms with Crippen LogP contribution >= 0.6 is 0 Å². The fourth-order valence-corrected chi connectivity index (χ4v) is 2.90. The average Bonchev–Trinajstić information content (AvgIpc) is 2.61. The zero-order valence-electron chi connectivity index (χ0n) is 12.9. The number of rotatable bonds is 6. The number of hydrogen-bond acceptors (Lipinski definition) is 4. The Balaban J connectivity index is 1.93. The van der Waals surface area contributed by atoms with Gasteiger partial charge in [0.15, 0.2) is 0 Å². The molecule has 2 aromatic rings. The summed E-state index contributed by atoms with van der Waals surface area (Å²) >= 11 is 0. The number of sulfonamides is 1. The SMILES string of the molecule is CNC(=O)c1ccc(NC(=O)CNS(=O)(=O)c2ccccc2)cc1. The lowest BCUT2D eigenvalue weighted by atomic mass is 10.2. The Morgan fingerprint density at radius 1 is 0.958 bits per heavy atom. The van der Waals surface area contributed by atoms with E-state index >= 15 is 0 Å². The van der Waals surface area contributed by atoms with E-state index in [2.05, 4.69) is 15.4 Å². The average molecular weight is 347 g/mol. The maximum Gasteiger partial charge on any atom is 0.251 e. The van der Waals surface area contributed by atoms with Crippen molar-refractivity contribution in [3.8, 4) is 0 Å². The molecule has 2 aromatic carbocycles. The van der Waals surface area contributed by atoms with E-state index in [0.29, 0.717) is 11.3 Å². The molecule has 0 aliphatic rings. The lowest BCUT2D eigenvalue weighted by Gasteiger charge is -2.08. The van der Waals surface area contributed by atoms with E-state index in [4.69, 9.17) is 0 Å². The Bertz CT molecular complexity index is 818. The molecule has 0 unspecified atom stereocenters. The van der Waals surface area contributed by atoms with Crippen molar-refractivity contribution in [2.24, 2.45) is 0 Å². The number of hydrogen-bond donors (Lipinski definition) is 3. The van der Waals surface area contributed by atoms with E-state index in [0.717, 1.165) is 0 Å². The van der Waals surface area contributed by atoms with Gasteiger partial charge in [-0.05, 0) is 36.4 Å². The standard InChI is InChI=1S/C16H17N3O4S/c1-17-16(21)12-7-9-13(10-8-12)19-15(20)11-18-24(22,23)14-5-3-2-4-6-14/h2-10,18H,11H2,1H3,(H,17,21)(H,19,20). The fourth-order valence-electron chi connectivity index (χ4n) is 1.90. The number of benzene rings is 2. The molecule has 0 aromatic heterocycles. The largest absolute Gasteiger partial charge is 0.355 e. The topological polar surface area (TPSA) is 104 Å². The predicted octanol–water partition coefficient (Wildman–Crippen LogP) is 0.963. The van der Waals surface area contributed by atoms with Gasteiger partial charge in [-0.3, -0.25) is 9.59 Å². The van der Waals surface area contributed by atoms with Crippen molar-refractivity contribution >= 4 is 27.5 Å². The number of carbonyl (C=O) groups excluding carboxylic acids is 2. The van der Waals surface area contributed by atoms with Crippen molar-refractivity contribution in [1.82, 2.24) is 10.0 Å². The first-order valence-electron chi connectivity index (χ1n) is 7.09. The molecule has 0 bridgehead atoms. The van der Waals surface area contributed by atoms with Gasteiger partial charge in [0.1, 0.15) is 0 Å². The summed E-state index contributed by atoms with van der Waals surface area (Å²) in [5, 5.41) is 5.04. The molecule has 126 valence electrons. The van der Waals surface area contributed by atoms with Crippen LogP contribution in [-0.2, 0) is 14.8 Å². The van der Waals surface area contributed by atoms with E-state index in [-0.39, 0.29) is 10.8 Å². The zero-order valence-corrected chi connectivity index (χ0v) is 13.8. The Hall–Kier alpha value is -2.71. The van der Waals surface area contributed by atoms with E-state index in [1.54, 1.807) is 42.5 Å². The molecule has 0 radical (unpaired) electrons. The summed E-state index contributed by atoms with van der Waals surface area (Å²) in [6, 6.07) is 14.0. The third-order valence-corrected chi connectivity index (χ3v) is 4.55. The van der Waals surface area contributed by atoms with Crippen LogP contribution in [0.25, 0.3) is 0 Å². The number of nitrogens with one attached hydrogen (secondary N) is 3. The van der Waals surface area contributed by atoms with E-state index < -0.39 is 22.5 Å². The molecule has 0 fully saturated rings. The highest BCUT2D eigenvalue weighted by atomic mass is 32.2. The molecule has 2 rings (SSSR count). The van der Waals surface area contributed by atoms with Gasteiger partial charge in [0.05, 0.1) is 11.4 Å². The molecule has 3 N–H and O–H groups in total. The summed E-state index contributed by atoms with van der Waals surface area (Å²) in [6.45, 7) is -0.394. The molecular weight excluding hydrogens is 330 g/mol. The van der Waals surface area contributed by atoms with Crippen LogP contribution in [0.3, 0.4) is 0 Å². The quantitative estimate of drug-likeness (QED) is 0.724. The molecular formula is C16H17N3O4S. The van der Waals surface area contributed by atoms with Crippen molar-refractivity contribution in [2.45, 2.75) is 4.90 Å². The van der Waals surface area contributed by atoms with Crippen molar-refractivity contribution in [2.75, 3.05) is 18.9 Å². The summed E-state index contributed by atoms with van der Waals surface area (Å²) in [6.07, 6.45) is 0. The molecule has 0 aliphatic carbocycles. The molecule has 2 amide bonds. The van der Waals surface area contributed by atoms with Gasteiger partial charge in [0, 0.05) is 18.3 Å². The molecule has 0 saturated heterocycles. The zero-order chi connectivity index (χ0) is 17.6. The van der Waals surface area contributed by atoms with Crippen molar-refractivity contribution in [1.29, 1.82) is 0 Å². The summed E-state index contributed by atoms with van der Waals surface area (Å²) < 4.78 is 26.2. The summed E-state index contributed by atoms with van der Waals surface area (Å²) in [4.78, 5) is 23.4. The molecule has 8 heteroatoms. The first-order chi connectivity index (χ1) is 11.4. The monoisotopic (exact) mass is 347 g/mol. The predicted molar refractivity (Wildman–Crippen MR) is 90.1 cm³/mol. The highest BCUT2D eigenvalue weighted by molar-refractivity contribution is 7.89. The molecule has 0 aliphatic heterocycles. The van der Waals surface area contributed by atoms with E-state index in [9.17, 15) is 18.0 Å². The van der Waals surface area contributed by atoms with Gasteiger partial charge >= 0.3 is 0 Å². The van der Waals surface area contributed by atoms with Crippen LogP contribution < -0.4 is 15.4 Å². The number of anilines is 1. The second kappa shape index (κ2) is 7.71. The summed E-state index contributed by atoms with van der Waals surface area (Å²) in [5.41, 5.74) is 0.923. The molecule has 24 heavy (non-hydrogen) atoms. The highest BCUT2D eigenvalue weighted by Crippen LogP contribution is 2.10. The Morgan fingerprint density at radius 3 is 2.17 bits per heavy atom. The van der Waals surface area contributed by atoms with Gasteiger partial charge in [0.25, 0.3) is 5.91 Å². The first-order valence-corrected chi connectivity index (χ1v) is 8.57. The minimum Gasteiger partial charge on any atom is -0.355 e. The van der Waals surface area contributed by atoms with Crippen LogP contribution in [0.15, 0.2) is 59.5 Å². The smallest absolute Gasteiger partial charge is 0.251 e. The Kier molecular flexibility index (Phi) is 5.67. The molecule has 0 heterocycles. The van der Waals surface area contributed by atoms with E-state index in [1.165, 1.54) is 19.2 Å². The maximum absolute atomic E-state index is 12.0. The minimum absolute atomic E-state index is 0.0905. The van der Waals surface area contributed by atoms with Gasteiger partial charge in [0.2, 0.25) is 15.9 Å².